The fourth-order valence-electron chi connectivity index (χ4n) is 3.65. The van der Waals surface area contributed by atoms with Gasteiger partial charge in [-0.25, -0.2) is 0 Å². The smallest absolute Gasteiger partial charge is 0.172 e. The first kappa shape index (κ1) is 20.2. The first-order valence-corrected chi connectivity index (χ1v) is 10.0. The zero-order valence-electron chi connectivity index (χ0n) is 16.1. The van der Waals surface area contributed by atoms with Crippen molar-refractivity contribution in [2.24, 2.45) is 5.41 Å². The maximum Gasteiger partial charge on any atom is 0.172 e. The molecule has 0 aromatic carbocycles. The topological polar surface area (TPSA) is 17.1 Å². The molecule has 0 spiro atoms. The normalized spacial score (nSPS) is 16.7. The zero-order chi connectivity index (χ0) is 17.1. The van der Waals surface area contributed by atoms with E-state index in [0.29, 0.717) is 5.78 Å². The highest BCUT2D eigenvalue weighted by Crippen LogP contribution is 2.39. The summed E-state index contributed by atoms with van der Waals surface area (Å²) < 4.78 is 0. The molecule has 1 fully saturated rings. The molecule has 1 saturated carbocycles. The predicted molar refractivity (Wildman–Crippen MR) is 101 cm³/mol. The van der Waals surface area contributed by atoms with Crippen LogP contribution in [-0.4, -0.2) is 5.78 Å². The molecule has 0 N–H and O–H groups in total. The van der Waals surface area contributed by atoms with Gasteiger partial charge in [0.05, 0.1) is 0 Å². The van der Waals surface area contributed by atoms with E-state index in [1.54, 1.807) is 0 Å². The predicted octanol–water partition coefficient (Wildman–Crippen LogP) is 7.16. The highest BCUT2D eigenvalue weighted by atomic mass is 16.1. The minimum Gasteiger partial charge on any atom is -0.293 e. The third-order valence-corrected chi connectivity index (χ3v) is 5.33. The Morgan fingerprint density at radius 1 is 0.913 bits per heavy atom. The van der Waals surface area contributed by atoms with E-state index < -0.39 is 0 Å². The molecule has 1 aliphatic carbocycles. The Bertz CT molecular complexity index is 417. The molecular formula is C22H38O. The van der Waals surface area contributed by atoms with Gasteiger partial charge in [-0.1, -0.05) is 65.7 Å². The van der Waals surface area contributed by atoms with Crippen LogP contribution >= 0.6 is 0 Å². The van der Waals surface area contributed by atoms with Gasteiger partial charge in [-0.15, -0.1) is 5.73 Å². The number of allylic oxidation sites excluding steroid dienone is 1. The van der Waals surface area contributed by atoms with Gasteiger partial charge in [0.25, 0.3) is 0 Å². The second-order valence-corrected chi connectivity index (χ2v) is 7.75. The van der Waals surface area contributed by atoms with Crippen molar-refractivity contribution < 1.29 is 4.79 Å². The molecule has 1 heteroatoms. The average molecular weight is 319 g/mol. The van der Waals surface area contributed by atoms with Crippen LogP contribution in [0.15, 0.2) is 16.9 Å². The van der Waals surface area contributed by atoms with E-state index in [4.69, 9.17) is 0 Å². The maximum absolute atomic E-state index is 13.1. The Morgan fingerprint density at radius 2 is 1.57 bits per heavy atom. The monoisotopic (exact) mass is 318 g/mol. The van der Waals surface area contributed by atoms with E-state index in [9.17, 15) is 4.79 Å². The van der Waals surface area contributed by atoms with Crippen LogP contribution < -0.4 is 0 Å². The summed E-state index contributed by atoms with van der Waals surface area (Å²) in [7, 11) is 0. The highest BCUT2D eigenvalue weighted by molar-refractivity contribution is 5.99. The Labute approximate surface area is 144 Å². The van der Waals surface area contributed by atoms with Crippen LogP contribution in [0.25, 0.3) is 0 Å². The molecule has 0 bridgehead atoms. The molecular weight excluding hydrogens is 280 g/mol. The molecule has 1 nitrogen and oxygen atoms in total. The third kappa shape index (κ3) is 7.08. The third-order valence-electron chi connectivity index (χ3n) is 5.33. The summed E-state index contributed by atoms with van der Waals surface area (Å²) in [5.41, 5.74) is 5.69. The number of Topliss-reactive ketones (excluding diaryl/α,β-unsaturated/α-hetero) is 1. The van der Waals surface area contributed by atoms with Crippen molar-refractivity contribution in [1.29, 1.82) is 0 Å². The number of hydrogen-bond acceptors (Lipinski definition) is 1. The second-order valence-electron chi connectivity index (χ2n) is 7.75. The van der Waals surface area contributed by atoms with E-state index in [-0.39, 0.29) is 5.41 Å². The molecule has 0 aliphatic heterocycles. The van der Waals surface area contributed by atoms with E-state index >= 15 is 0 Å². The largest absolute Gasteiger partial charge is 0.293 e. The second kappa shape index (κ2) is 10.9. The zero-order valence-corrected chi connectivity index (χ0v) is 16.1. The molecule has 0 unspecified atom stereocenters. The van der Waals surface area contributed by atoms with Crippen molar-refractivity contribution in [1.82, 2.24) is 0 Å². The van der Waals surface area contributed by atoms with Gasteiger partial charge in [-0.05, 0) is 51.0 Å². The lowest BCUT2D eigenvalue weighted by Gasteiger charge is -2.32. The van der Waals surface area contributed by atoms with Crippen molar-refractivity contribution in [3.63, 3.8) is 0 Å². The lowest BCUT2D eigenvalue weighted by atomic mass is 9.70. The van der Waals surface area contributed by atoms with Crippen LogP contribution in [0, 0.1) is 5.41 Å². The van der Waals surface area contributed by atoms with E-state index in [1.807, 2.05) is 0 Å². The first-order valence-electron chi connectivity index (χ1n) is 10.0. The number of rotatable bonds is 10. The number of carbonyl (C=O) groups excluding carboxylic acids is 1. The van der Waals surface area contributed by atoms with Crippen molar-refractivity contribution in [2.45, 2.75) is 111 Å². The molecule has 1 rings (SSSR count). The van der Waals surface area contributed by atoms with Crippen molar-refractivity contribution in [3.05, 3.63) is 16.9 Å². The standard InChI is InChI=1S/C22H38O/c1-5-7-9-11-14-19(3)18-20(15-8-6-2)21(23)22(4)16-12-10-13-17-22/h5-17H2,1-4H3. The average Bonchev–Trinajstić information content (AvgIpc) is 2.55. The molecule has 0 amide bonds. The van der Waals surface area contributed by atoms with Gasteiger partial charge in [0.1, 0.15) is 0 Å². The summed E-state index contributed by atoms with van der Waals surface area (Å²) in [4.78, 5) is 13.1. The molecule has 0 aromatic heterocycles. The number of hydrogen-bond donors (Lipinski definition) is 0. The molecule has 0 heterocycles. The first-order chi connectivity index (χ1) is 11.0. The van der Waals surface area contributed by atoms with Crippen LogP contribution in [0.2, 0.25) is 0 Å². The van der Waals surface area contributed by atoms with Crippen molar-refractivity contribution in [2.75, 3.05) is 0 Å². The van der Waals surface area contributed by atoms with Gasteiger partial charge < -0.3 is 0 Å². The Morgan fingerprint density at radius 3 is 2.17 bits per heavy atom. The van der Waals surface area contributed by atoms with Gasteiger partial charge in [0, 0.05) is 11.0 Å². The molecule has 1 aliphatic rings. The van der Waals surface area contributed by atoms with E-state index in [1.165, 1.54) is 50.5 Å². The molecule has 0 atom stereocenters. The molecule has 132 valence electrons. The lowest BCUT2D eigenvalue weighted by Crippen LogP contribution is -2.31. The fraction of sp³-hybridized carbons (Fsp3) is 0.818. The maximum atomic E-state index is 13.1. The van der Waals surface area contributed by atoms with E-state index in [2.05, 4.69) is 33.4 Å². The quantitative estimate of drug-likeness (QED) is 0.237. The van der Waals surface area contributed by atoms with Gasteiger partial charge in [-0.3, -0.25) is 4.79 Å². The van der Waals surface area contributed by atoms with Gasteiger partial charge >= 0.3 is 0 Å². The summed E-state index contributed by atoms with van der Waals surface area (Å²) in [5.74, 6) is 0.401. The van der Waals surface area contributed by atoms with Crippen LogP contribution in [0.5, 0.6) is 0 Å². The van der Waals surface area contributed by atoms with Crippen LogP contribution in [-0.2, 0) is 4.79 Å². The molecule has 23 heavy (non-hydrogen) atoms. The lowest BCUT2D eigenvalue weighted by molar-refractivity contribution is -0.125. The summed E-state index contributed by atoms with van der Waals surface area (Å²) in [6, 6.07) is 0. The molecule has 0 aromatic rings. The summed E-state index contributed by atoms with van der Waals surface area (Å²) >= 11 is 0. The minimum atomic E-state index is -0.114. The summed E-state index contributed by atoms with van der Waals surface area (Å²) in [6.07, 6.45) is 15.2. The summed E-state index contributed by atoms with van der Waals surface area (Å²) in [6.45, 7) is 8.80. The number of unbranched alkanes of at least 4 members (excludes halogenated alkanes) is 4. The highest BCUT2D eigenvalue weighted by Gasteiger charge is 2.35. The fourth-order valence-corrected chi connectivity index (χ4v) is 3.65. The van der Waals surface area contributed by atoms with E-state index in [0.717, 1.165) is 44.1 Å². The van der Waals surface area contributed by atoms with Crippen molar-refractivity contribution >= 4 is 5.78 Å². The van der Waals surface area contributed by atoms with Crippen LogP contribution in [0.4, 0.5) is 0 Å². The Kier molecular flexibility index (Phi) is 9.56. The minimum absolute atomic E-state index is 0.114. The molecule has 0 saturated heterocycles. The molecule has 0 radical (unpaired) electrons. The number of ketones is 1. The van der Waals surface area contributed by atoms with Crippen LogP contribution in [0.3, 0.4) is 0 Å². The van der Waals surface area contributed by atoms with Gasteiger partial charge in [-0.2, -0.15) is 0 Å². The van der Waals surface area contributed by atoms with Crippen LogP contribution in [0.1, 0.15) is 111 Å². The number of carbonyl (C=O) groups is 1. The summed E-state index contributed by atoms with van der Waals surface area (Å²) in [5, 5.41) is 0. The Balaban J connectivity index is 2.84. The van der Waals surface area contributed by atoms with Gasteiger partial charge in [0.2, 0.25) is 0 Å². The van der Waals surface area contributed by atoms with Crippen molar-refractivity contribution in [3.8, 4) is 0 Å². The SMILES string of the molecule is CCCCCCC(C)=C=C(CCCC)C(=O)C1(C)CCCCC1. The van der Waals surface area contributed by atoms with Gasteiger partial charge in [0.15, 0.2) is 5.78 Å². The Hall–Kier alpha value is -0.810.